The summed E-state index contributed by atoms with van der Waals surface area (Å²) in [5.41, 5.74) is 0.763. The Kier molecular flexibility index (Phi) is 6.61. The van der Waals surface area contributed by atoms with Gasteiger partial charge >= 0.3 is 0 Å². The molecule has 102 valence electrons. The molecule has 0 bridgehead atoms. The number of halogens is 2. The summed E-state index contributed by atoms with van der Waals surface area (Å²) in [5.74, 6) is -0.274. The maximum Gasteiger partial charge on any atom is 0.123 e. The first-order chi connectivity index (χ1) is 8.63. The highest BCUT2D eigenvalue weighted by atomic mass is 35.5. The Morgan fingerprint density at radius 3 is 2.67 bits per heavy atom. The van der Waals surface area contributed by atoms with Crippen molar-refractivity contribution in [2.75, 3.05) is 13.7 Å². The van der Waals surface area contributed by atoms with Gasteiger partial charge in [0.05, 0.1) is 12.1 Å². The van der Waals surface area contributed by atoms with Crippen LogP contribution in [0.15, 0.2) is 18.2 Å². The maximum atomic E-state index is 13.4. The average molecular weight is 274 g/mol. The number of likely N-dealkylation sites (N-methyl/N-ethyl adjacent to an activating group) is 1. The molecule has 2 atom stereocenters. The van der Waals surface area contributed by atoms with Gasteiger partial charge in [0.15, 0.2) is 0 Å². The molecule has 1 N–H and O–H groups in total. The van der Waals surface area contributed by atoms with E-state index < -0.39 is 0 Å². The lowest BCUT2D eigenvalue weighted by Crippen LogP contribution is -2.33. The summed E-state index contributed by atoms with van der Waals surface area (Å²) in [6.45, 7) is 4.89. The van der Waals surface area contributed by atoms with E-state index in [0.717, 1.165) is 24.9 Å². The summed E-state index contributed by atoms with van der Waals surface area (Å²) in [6, 6.07) is 4.37. The summed E-state index contributed by atoms with van der Waals surface area (Å²) in [6.07, 6.45) is 1.91. The minimum atomic E-state index is -0.274. The van der Waals surface area contributed by atoms with Crippen molar-refractivity contribution in [1.29, 1.82) is 0 Å². The fraction of sp³-hybridized carbons (Fsp3) is 0.571. The van der Waals surface area contributed by atoms with E-state index in [9.17, 15) is 4.39 Å². The van der Waals surface area contributed by atoms with Gasteiger partial charge in [-0.05, 0) is 36.7 Å². The summed E-state index contributed by atoms with van der Waals surface area (Å²) in [7, 11) is 1.68. The zero-order chi connectivity index (χ0) is 13.5. The predicted molar refractivity (Wildman–Crippen MR) is 73.5 cm³/mol. The number of methoxy groups -OCH3 is 1. The summed E-state index contributed by atoms with van der Waals surface area (Å²) in [4.78, 5) is 0. The lowest BCUT2D eigenvalue weighted by molar-refractivity contribution is 0.0610. The van der Waals surface area contributed by atoms with E-state index in [-0.39, 0.29) is 18.0 Å². The molecular weight excluding hydrogens is 253 g/mol. The van der Waals surface area contributed by atoms with Crippen molar-refractivity contribution in [2.24, 2.45) is 0 Å². The molecule has 1 rings (SSSR count). The molecule has 4 heteroatoms. The van der Waals surface area contributed by atoms with Crippen molar-refractivity contribution in [3.8, 4) is 0 Å². The minimum absolute atomic E-state index is 0.00532. The Morgan fingerprint density at radius 1 is 1.39 bits per heavy atom. The van der Waals surface area contributed by atoms with Crippen LogP contribution in [0.3, 0.4) is 0 Å². The van der Waals surface area contributed by atoms with Crippen LogP contribution in [0.25, 0.3) is 0 Å². The van der Waals surface area contributed by atoms with E-state index in [1.807, 2.05) is 6.92 Å². The number of ether oxygens (including phenoxy) is 1. The summed E-state index contributed by atoms with van der Waals surface area (Å²) >= 11 is 6.17. The molecular formula is C14H21ClFNO. The van der Waals surface area contributed by atoms with Crippen molar-refractivity contribution in [3.63, 3.8) is 0 Å². The average Bonchev–Trinajstić information content (AvgIpc) is 2.37. The monoisotopic (exact) mass is 273 g/mol. The third-order valence-electron chi connectivity index (χ3n) is 2.96. The topological polar surface area (TPSA) is 21.3 Å². The van der Waals surface area contributed by atoms with Gasteiger partial charge in [0.25, 0.3) is 0 Å². The molecule has 0 spiro atoms. The highest BCUT2D eigenvalue weighted by Crippen LogP contribution is 2.29. The standard InChI is InChI=1S/C14H21ClFNO/c1-4-6-13(18-3)14(17-5-2)11-9-10(16)7-8-12(11)15/h7-9,13-14,17H,4-6H2,1-3H3. The van der Waals surface area contributed by atoms with Crippen molar-refractivity contribution in [1.82, 2.24) is 5.32 Å². The molecule has 0 saturated heterocycles. The molecule has 0 amide bonds. The second-order valence-corrected chi connectivity index (χ2v) is 4.67. The Bertz CT molecular complexity index is 373. The molecule has 1 aromatic carbocycles. The van der Waals surface area contributed by atoms with Crippen LogP contribution in [0.5, 0.6) is 0 Å². The van der Waals surface area contributed by atoms with E-state index in [2.05, 4.69) is 12.2 Å². The molecule has 0 heterocycles. The van der Waals surface area contributed by atoms with Crippen molar-refractivity contribution in [3.05, 3.63) is 34.6 Å². The largest absolute Gasteiger partial charge is 0.379 e. The third-order valence-corrected chi connectivity index (χ3v) is 3.31. The fourth-order valence-corrected chi connectivity index (χ4v) is 2.35. The highest BCUT2D eigenvalue weighted by molar-refractivity contribution is 6.31. The van der Waals surface area contributed by atoms with Gasteiger partial charge in [0.1, 0.15) is 5.82 Å². The van der Waals surface area contributed by atoms with E-state index in [0.29, 0.717) is 5.02 Å². The van der Waals surface area contributed by atoms with Gasteiger partial charge in [-0.25, -0.2) is 4.39 Å². The number of hydrogen-bond donors (Lipinski definition) is 1. The number of hydrogen-bond acceptors (Lipinski definition) is 2. The molecule has 0 radical (unpaired) electrons. The molecule has 1 aromatic rings. The molecule has 2 nitrogen and oxygen atoms in total. The zero-order valence-electron chi connectivity index (χ0n) is 11.2. The summed E-state index contributed by atoms with van der Waals surface area (Å²) < 4.78 is 18.9. The van der Waals surface area contributed by atoms with E-state index in [1.54, 1.807) is 13.2 Å². The number of benzene rings is 1. The maximum absolute atomic E-state index is 13.4. The molecule has 0 aliphatic rings. The van der Waals surface area contributed by atoms with E-state index >= 15 is 0 Å². The van der Waals surface area contributed by atoms with E-state index in [4.69, 9.17) is 16.3 Å². The van der Waals surface area contributed by atoms with E-state index in [1.165, 1.54) is 12.1 Å². The third kappa shape index (κ3) is 3.94. The van der Waals surface area contributed by atoms with Gasteiger partial charge in [-0.1, -0.05) is 31.9 Å². The first-order valence-corrected chi connectivity index (χ1v) is 6.72. The van der Waals surface area contributed by atoms with Crippen molar-refractivity contribution in [2.45, 2.75) is 38.8 Å². The molecule has 0 aliphatic heterocycles. The molecule has 0 aliphatic carbocycles. The van der Waals surface area contributed by atoms with Crippen molar-refractivity contribution < 1.29 is 9.13 Å². The fourth-order valence-electron chi connectivity index (χ4n) is 2.12. The summed E-state index contributed by atoms with van der Waals surface area (Å²) in [5, 5.41) is 3.90. The normalized spacial score (nSPS) is 14.5. The molecule has 0 aromatic heterocycles. The van der Waals surface area contributed by atoms with Gasteiger partial charge in [0.2, 0.25) is 0 Å². The van der Waals surface area contributed by atoms with Crippen LogP contribution in [0.1, 0.15) is 38.3 Å². The second kappa shape index (κ2) is 7.72. The number of nitrogens with one attached hydrogen (secondary N) is 1. The highest BCUT2D eigenvalue weighted by Gasteiger charge is 2.24. The second-order valence-electron chi connectivity index (χ2n) is 4.26. The van der Waals surface area contributed by atoms with Crippen LogP contribution in [-0.2, 0) is 4.74 Å². The van der Waals surface area contributed by atoms with Crippen LogP contribution >= 0.6 is 11.6 Å². The Morgan fingerprint density at radius 2 is 2.11 bits per heavy atom. The van der Waals surface area contributed by atoms with Gasteiger partial charge in [-0.3, -0.25) is 0 Å². The Labute approximate surface area is 113 Å². The van der Waals surface area contributed by atoms with Crippen LogP contribution in [0.4, 0.5) is 4.39 Å². The van der Waals surface area contributed by atoms with Crippen LogP contribution in [0.2, 0.25) is 5.02 Å². The smallest absolute Gasteiger partial charge is 0.123 e. The van der Waals surface area contributed by atoms with Gasteiger partial charge in [0, 0.05) is 12.1 Å². The number of rotatable bonds is 7. The molecule has 18 heavy (non-hydrogen) atoms. The molecule has 0 saturated carbocycles. The van der Waals surface area contributed by atoms with Crippen molar-refractivity contribution >= 4 is 11.6 Å². The lowest BCUT2D eigenvalue weighted by atomic mass is 9.97. The quantitative estimate of drug-likeness (QED) is 0.812. The van der Waals surface area contributed by atoms with Gasteiger partial charge in [-0.2, -0.15) is 0 Å². The van der Waals surface area contributed by atoms with Crippen LogP contribution < -0.4 is 5.32 Å². The zero-order valence-corrected chi connectivity index (χ0v) is 11.9. The molecule has 2 unspecified atom stereocenters. The first kappa shape index (κ1) is 15.4. The first-order valence-electron chi connectivity index (χ1n) is 6.35. The Balaban J connectivity index is 3.05. The lowest BCUT2D eigenvalue weighted by Gasteiger charge is -2.27. The van der Waals surface area contributed by atoms with Gasteiger partial charge < -0.3 is 10.1 Å². The van der Waals surface area contributed by atoms with Gasteiger partial charge in [-0.15, -0.1) is 0 Å². The Hall–Kier alpha value is -0.640. The SMILES string of the molecule is CCCC(OC)C(NCC)c1cc(F)ccc1Cl. The van der Waals surface area contributed by atoms with Crippen LogP contribution in [0, 0.1) is 5.82 Å². The predicted octanol–water partition coefficient (Wildman–Crippen LogP) is 3.94. The van der Waals surface area contributed by atoms with Crippen LogP contribution in [-0.4, -0.2) is 19.8 Å². The molecule has 0 fully saturated rings. The minimum Gasteiger partial charge on any atom is -0.379 e.